The number of nitrogens with two attached hydrogens (primary N) is 1. The third-order valence-corrected chi connectivity index (χ3v) is 7.27. The molecule has 5 aromatic carbocycles. The molecular weight excluding hydrogens is 494 g/mol. The van der Waals surface area contributed by atoms with Gasteiger partial charge in [-0.15, -0.1) is 0 Å². The molecule has 0 amide bonds. The molecule has 0 atom stereocenters. The molecule has 0 bridgehead atoms. The number of ketones is 1. The van der Waals surface area contributed by atoms with Crippen molar-refractivity contribution in [3.8, 4) is 5.75 Å². The summed E-state index contributed by atoms with van der Waals surface area (Å²) in [5, 5.41) is 5.69. The predicted molar refractivity (Wildman–Crippen MR) is 160 cm³/mol. The van der Waals surface area contributed by atoms with E-state index in [1.165, 1.54) is 0 Å². The Kier molecular flexibility index (Phi) is 6.62. The number of ether oxygens (including phenoxy) is 1. The number of anilines is 1. The second-order valence-electron chi connectivity index (χ2n) is 9.63. The summed E-state index contributed by atoms with van der Waals surface area (Å²) < 4.78 is 7.60. The lowest BCUT2D eigenvalue weighted by Gasteiger charge is -2.37. The van der Waals surface area contributed by atoms with Crippen molar-refractivity contribution in [2.75, 3.05) is 12.3 Å². The maximum atomic E-state index is 13.5. The normalized spacial score (nSPS) is 11.4. The second-order valence-corrected chi connectivity index (χ2v) is 9.63. The monoisotopic (exact) mass is 523 g/mol. The Hall–Kier alpha value is -5.16. The fourth-order valence-electron chi connectivity index (χ4n) is 5.50. The predicted octanol–water partition coefficient (Wildman–Crippen LogP) is 7.09. The summed E-state index contributed by atoms with van der Waals surface area (Å²) in [5.41, 5.74) is 10.9. The van der Waals surface area contributed by atoms with Gasteiger partial charge in [-0.3, -0.25) is 4.79 Å². The molecule has 0 radical (unpaired) electrons. The first kappa shape index (κ1) is 25.1. The molecule has 2 N–H and O–H groups in total. The number of carbonyl (C=O) groups is 1. The molecule has 6 rings (SSSR count). The average molecular weight is 524 g/mol. The first-order valence-electron chi connectivity index (χ1n) is 13.4. The number of benzene rings is 5. The standard InChI is InChI=1S/C35H29N3O2/c1-2-40-30-20-12-13-25(23-30)33(39)26-21-22-32-31(24-26)34(36)37-38(32)35(27-14-6-3-7-15-27,28-16-8-4-9-17-28)29-18-10-5-11-19-29/h3-24H,2H2,1H3,(H2,36,37). The maximum absolute atomic E-state index is 13.5. The lowest BCUT2D eigenvalue weighted by atomic mass is 9.77. The fraction of sp³-hybridized carbons (Fsp3) is 0.0857. The highest BCUT2D eigenvalue weighted by molar-refractivity contribution is 6.11. The van der Waals surface area contributed by atoms with Gasteiger partial charge in [0.2, 0.25) is 0 Å². The molecule has 1 heterocycles. The summed E-state index contributed by atoms with van der Waals surface area (Å²) in [5.74, 6) is 0.927. The quantitative estimate of drug-likeness (QED) is 0.171. The molecular formula is C35H29N3O2. The SMILES string of the molecule is CCOc1cccc(C(=O)c2ccc3c(c2)c(N)nn3C(c2ccccc2)(c2ccccc2)c2ccccc2)c1. The minimum atomic E-state index is -0.809. The minimum absolute atomic E-state index is 0.101. The number of carbonyl (C=O) groups excluding carboxylic acids is 1. The Labute approximate surface area is 233 Å². The van der Waals surface area contributed by atoms with Gasteiger partial charge in [0.1, 0.15) is 11.3 Å². The van der Waals surface area contributed by atoms with Crippen LogP contribution in [0.3, 0.4) is 0 Å². The Morgan fingerprint density at radius 1 is 0.725 bits per heavy atom. The number of rotatable bonds is 8. The van der Waals surface area contributed by atoms with Gasteiger partial charge in [-0.25, -0.2) is 4.68 Å². The van der Waals surface area contributed by atoms with E-state index in [4.69, 9.17) is 15.6 Å². The topological polar surface area (TPSA) is 70.1 Å². The van der Waals surface area contributed by atoms with E-state index < -0.39 is 5.54 Å². The van der Waals surface area contributed by atoms with Crippen molar-refractivity contribution in [2.45, 2.75) is 12.5 Å². The number of nitrogen functional groups attached to an aromatic ring is 1. The number of hydrogen-bond acceptors (Lipinski definition) is 4. The van der Waals surface area contributed by atoms with Crippen LogP contribution >= 0.6 is 0 Å². The van der Waals surface area contributed by atoms with Gasteiger partial charge in [0.05, 0.1) is 12.1 Å². The molecule has 0 aliphatic carbocycles. The molecule has 0 fully saturated rings. The molecule has 0 saturated heterocycles. The zero-order valence-corrected chi connectivity index (χ0v) is 22.2. The van der Waals surface area contributed by atoms with Crippen molar-refractivity contribution < 1.29 is 9.53 Å². The molecule has 0 saturated carbocycles. The van der Waals surface area contributed by atoms with E-state index in [9.17, 15) is 4.79 Å². The summed E-state index contributed by atoms with van der Waals surface area (Å²) in [6.45, 7) is 2.45. The van der Waals surface area contributed by atoms with Gasteiger partial charge in [0, 0.05) is 16.5 Å². The van der Waals surface area contributed by atoms with Crippen LogP contribution in [0.15, 0.2) is 133 Å². The third kappa shape index (κ3) is 4.22. The lowest BCUT2D eigenvalue weighted by Crippen LogP contribution is -2.38. The van der Waals surface area contributed by atoms with E-state index in [0.717, 1.165) is 27.6 Å². The van der Waals surface area contributed by atoms with Crippen molar-refractivity contribution in [3.63, 3.8) is 0 Å². The Bertz CT molecular complexity index is 1680. The molecule has 196 valence electrons. The fourth-order valence-corrected chi connectivity index (χ4v) is 5.50. The van der Waals surface area contributed by atoms with Crippen molar-refractivity contribution in [1.29, 1.82) is 0 Å². The second kappa shape index (κ2) is 10.5. The van der Waals surface area contributed by atoms with Gasteiger partial charge in [0.25, 0.3) is 0 Å². The van der Waals surface area contributed by atoms with Gasteiger partial charge < -0.3 is 10.5 Å². The van der Waals surface area contributed by atoms with E-state index in [1.54, 1.807) is 12.1 Å². The zero-order chi connectivity index (χ0) is 27.5. The molecule has 5 nitrogen and oxygen atoms in total. The van der Waals surface area contributed by atoms with Gasteiger partial charge in [-0.2, -0.15) is 5.10 Å². The number of aromatic nitrogens is 2. The Balaban J connectivity index is 1.58. The van der Waals surface area contributed by atoms with E-state index in [0.29, 0.717) is 29.3 Å². The summed E-state index contributed by atoms with van der Waals surface area (Å²) >= 11 is 0. The smallest absolute Gasteiger partial charge is 0.193 e. The van der Waals surface area contributed by atoms with Crippen molar-refractivity contribution in [1.82, 2.24) is 9.78 Å². The largest absolute Gasteiger partial charge is 0.494 e. The van der Waals surface area contributed by atoms with Crippen LogP contribution in [0.2, 0.25) is 0 Å². The first-order chi connectivity index (χ1) is 19.6. The van der Waals surface area contributed by atoms with Crippen LogP contribution < -0.4 is 10.5 Å². The molecule has 0 spiro atoms. The van der Waals surface area contributed by atoms with Crippen LogP contribution in [0.1, 0.15) is 39.5 Å². The van der Waals surface area contributed by atoms with E-state index >= 15 is 0 Å². The highest BCUT2D eigenvalue weighted by atomic mass is 16.5. The number of fused-ring (bicyclic) bond motifs is 1. The Morgan fingerprint density at radius 2 is 1.27 bits per heavy atom. The van der Waals surface area contributed by atoms with Crippen LogP contribution in [0.5, 0.6) is 5.75 Å². The average Bonchev–Trinajstić information content (AvgIpc) is 3.35. The van der Waals surface area contributed by atoms with Crippen molar-refractivity contribution >= 4 is 22.5 Å². The van der Waals surface area contributed by atoms with E-state index in [1.807, 2.05) is 96.5 Å². The number of hydrogen-bond donors (Lipinski definition) is 1. The summed E-state index contributed by atoms with van der Waals surface area (Å²) in [6, 6.07) is 43.9. The molecule has 0 aliphatic heterocycles. The van der Waals surface area contributed by atoms with Crippen LogP contribution in [-0.2, 0) is 5.54 Å². The molecule has 6 aromatic rings. The highest BCUT2D eigenvalue weighted by Gasteiger charge is 2.40. The van der Waals surface area contributed by atoms with Crippen molar-refractivity contribution in [2.24, 2.45) is 0 Å². The molecule has 1 aromatic heterocycles. The third-order valence-electron chi connectivity index (χ3n) is 7.27. The highest BCUT2D eigenvalue weighted by Crippen LogP contribution is 2.43. The van der Waals surface area contributed by atoms with Gasteiger partial charge in [-0.1, -0.05) is 103 Å². The zero-order valence-electron chi connectivity index (χ0n) is 22.2. The van der Waals surface area contributed by atoms with Crippen LogP contribution in [0.25, 0.3) is 10.9 Å². The van der Waals surface area contributed by atoms with Crippen LogP contribution in [0, 0.1) is 0 Å². The first-order valence-corrected chi connectivity index (χ1v) is 13.4. The number of nitrogens with zero attached hydrogens (tertiary/aromatic N) is 2. The van der Waals surface area contributed by atoms with Gasteiger partial charge in [-0.05, 0) is 53.9 Å². The Morgan fingerprint density at radius 3 is 1.82 bits per heavy atom. The maximum Gasteiger partial charge on any atom is 0.193 e. The minimum Gasteiger partial charge on any atom is -0.494 e. The van der Waals surface area contributed by atoms with Gasteiger partial charge >= 0.3 is 0 Å². The lowest BCUT2D eigenvalue weighted by molar-refractivity contribution is 0.103. The van der Waals surface area contributed by atoms with Crippen LogP contribution in [0.4, 0.5) is 5.82 Å². The van der Waals surface area contributed by atoms with E-state index in [2.05, 4.69) is 36.4 Å². The van der Waals surface area contributed by atoms with Crippen LogP contribution in [-0.4, -0.2) is 22.2 Å². The van der Waals surface area contributed by atoms with Gasteiger partial charge in [0.15, 0.2) is 11.6 Å². The molecule has 0 unspecified atom stereocenters. The summed E-state index contributed by atoms with van der Waals surface area (Å²) in [4.78, 5) is 13.5. The van der Waals surface area contributed by atoms with E-state index in [-0.39, 0.29) is 5.78 Å². The molecule has 40 heavy (non-hydrogen) atoms. The van der Waals surface area contributed by atoms with Crippen molar-refractivity contribution in [3.05, 3.63) is 161 Å². The summed E-state index contributed by atoms with van der Waals surface area (Å²) in [7, 11) is 0. The molecule has 5 heteroatoms. The summed E-state index contributed by atoms with van der Waals surface area (Å²) in [6.07, 6.45) is 0. The molecule has 0 aliphatic rings.